The molecule has 0 radical (unpaired) electrons. The van der Waals surface area contributed by atoms with Gasteiger partial charge in [0.15, 0.2) is 0 Å². The Morgan fingerprint density at radius 3 is 2.85 bits per heavy atom. The van der Waals surface area contributed by atoms with Crippen LogP contribution in [0.2, 0.25) is 0 Å². The largest absolute Gasteiger partial charge is 0.316 e. The molecule has 3 heteroatoms. The van der Waals surface area contributed by atoms with Gasteiger partial charge in [-0.25, -0.2) is 0 Å². The van der Waals surface area contributed by atoms with Crippen molar-refractivity contribution < 1.29 is 4.79 Å². The van der Waals surface area contributed by atoms with Crippen LogP contribution in [0.3, 0.4) is 0 Å². The number of Topliss-reactive ketones (excluding diaryl/α,β-unsaturated/α-hetero) is 1. The average molecular weight is 297 g/mol. The van der Waals surface area contributed by atoms with Crippen LogP contribution in [0, 0.1) is 5.92 Å². The van der Waals surface area contributed by atoms with Gasteiger partial charge in [0.05, 0.1) is 0 Å². The molecule has 1 saturated heterocycles. The van der Waals surface area contributed by atoms with Gasteiger partial charge >= 0.3 is 0 Å². The minimum atomic E-state index is 0. The Bertz CT molecular complexity index is 150. The van der Waals surface area contributed by atoms with E-state index in [0.29, 0.717) is 11.7 Å². The molecule has 1 N–H and O–H groups in total. The number of nitrogens with one attached hydrogen (secondary N) is 1. The maximum Gasteiger partial charge on any atom is 0.138 e. The van der Waals surface area contributed by atoms with Gasteiger partial charge < -0.3 is 5.32 Å². The molecule has 0 saturated carbocycles. The summed E-state index contributed by atoms with van der Waals surface area (Å²) in [5.74, 6) is 0.801. The second-order valence-corrected chi connectivity index (χ2v) is 3.61. The first-order valence-corrected chi connectivity index (χ1v) is 5.08. The summed E-state index contributed by atoms with van der Waals surface area (Å²) in [6, 6.07) is 0. The van der Waals surface area contributed by atoms with Crippen LogP contribution in [0.15, 0.2) is 0 Å². The first-order valence-electron chi connectivity index (χ1n) is 5.08. The van der Waals surface area contributed by atoms with E-state index in [1.165, 1.54) is 19.3 Å². The van der Waals surface area contributed by atoms with Crippen molar-refractivity contribution in [2.45, 2.75) is 39.0 Å². The monoisotopic (exact) mass is 297 g/mol. The maximum absolute atomic E-state index is 11.3. The lowest BCUT2D eigenvalue weighted by atomic mass is 9.92. The van der Waals surface area contributed by atoms with E-state index in [-0.39, 0.29) is 24.0 Å². The van der Waals surface area contributed by atoms with Crippen LogP contribution in [0.5, 0.6) is 0 Å². The quantitative estimate of drug-likeness (QED) is 0.637. The lowest BCUT2D eigenvalue weighted by Crippen LogP contribution is -2.36. The third kappa shape index (κ3) is 4.96. The molecule has 1 heterocycles. The Labute approximate surface area is 97.9 Å². The van der Waals surface area contributed by atoms with Crippen LogP contribution in [0.1, 0.15) is 39.0 Å². The van der Waals surface area contributed by atoms with Crippen molar-refractivity contribution in [2.24, 2.45) is 5.92 Å². The van der Waals surface area contributed by atoms with E-state index in [2.05, 4.69) is 12.2 Å². The van der Waals surface area contributed by atoms with Crippen LogP contribution >= 0.6 is 24.0 Å². The van der Waals surface area contributed by atoms with Gasteiger partial charge in [-0.05, 0) is 6.42 Å². The number of hydrogen-bond donors (Lipinski definition) is 1. The zero-order chi connectivity index (χ0) is 8.81. The summed E-state index contributed by atoms with van der Waals surface area (Å²) < 4.78 is 0. The highest BCUT2D eigenvalue weighted by atomic mass is 127. The van der Waals surface area contributed by atoms with E-state index in [4.69, 9.17) is 0 Å². The average Bonchev–Trinajstić information content (AvgIpc) is 2.09. The summed E-state index contributed by atoms with van der Waals surface area (Å²) >= 11 is 0. The number of halogens is 1. The summed E-state index contributed by atoms with van der Waals surface area (Å²) in [5, 5.41) is 3.27. The number of hydrogen-bond acceptors (Lipinski definition) is 2. The second-order valence-electron chi connectivity index (χ2n) is 3.61. The highest BCUT2D eigenvalue weighted by Gasteiger charge is 2.20. The first kappa shape index (κ1) is 13.4. The molecule has 2 nitrogen and oxygen atoms in total. The summed E-state index contributed by atoms with van der Waals surface area (Å²) in [5.41, 5.74) is 0. The molecule has 1 aliphatic heterocycles. The summed E-state index contributed by atoms with van der Waals surface area (Å²) in [6.07, 6.45) is 5.57. The van der Waals surface area contributed by atoms with Gasteiger partial charge in [0.25, 0.3) is 0 Å². The van der Waals surface area contributed by atoms with Crippen LogP contribution in [-0.4, -0.2) is 18.9 Å². The van der Waals surface area contributed by atoms with Crippen molar-refractivity contribution in [1.82, 2.24) is 5.32 Å². The molecular formula is C10H20INO. The van der Waals surface area contributed by atoms with Crippen LogP contribution in [0.25, 0.3) is 0 Å². The van der Waals surface area contributed by atoms with Crippen LogP contribution < -0.4 is 5.32 Å². The molecule has 0 aromatic rings. The standard InChI is InChI=1S/C10H19NO.HI/c1-2-3-4-5-9-8-11-7-6-10(9)12;/h9,11H,2-8H2,1H3;1H. The molecule has 0 aromatic carbocycles. The number of rotatable bonds is 4. The Morgan fingerprint density at radius 1 is 1.46 bits per heavy atom. The van der Waals surface area contributed by atoms with Crippen molar-refractivity contribution in [2.75, 3.05) is 13.1 Å². The van der Waals surface area contributed by atoms with Gasteiger partial charge in [0.2, 0.25) is 0 Å². The van der Waals surface area contributed by atoms with E-state index < -0.39 is 0 Å². The fraction of sp³-hybridized carbons (Fsp3) is 0.900. The van der Waals surface area contributed by atoms with Gasteiger partial charge in [0.1, 0.15) is 5.78 Å². The smallest absolute Gasteiger partial charge is 0.138 e. The van der Waals surface area contributed by atoms with Gasteiger partial charge in [0, 0.05) is 25.4 Å². The van der Waals surface area contributed by atoms with Gasteiger partial charge in [-0.2, -0.15) is 0 Å². The number of ketones is 1. The molecule has 1 aliphatic rings. The zero-order valence-electron chi connectivity index (χ0n) is 8.34. The van der Waals surface area contributed by atoms with Gasteiger partial charge in [-0.15, -0.1) is 24.0 Å². The van der Waals surface area contributed by atoms with E-state index in [9.17, 15) is 4.79 Å². The minimum absolute atomic E-state index is 0. The van der Waals surface area contributed by atoms with E-state index >= 15 is 0 Å². The summed E-state index contributed by atoms with van der Waals surface area (Å²) in [4.78, 5) is 11.3. The lowest BCUT2D eigenvalue weighted by Gasteiger charge is -2.21. The normalized spacial score (nSPS) is 22.5. The Balaban J connectivity index is 0.00000144. The van der Waals surface area contributed by atoms with Crippen molar-refractivity contribution in [3.05, 3.63) is 0 Å². The molecule has 1 atom stereocenters. The van der Waals surface area contributed by atoms with Gasteiger partial charge in [-0.1, -0.05) is 26.2 Å². The Hall–Kier alpha value is 0.360. The van der Waals surface area contributed by atoms with Gasteiger partial charge in [-0.3, -0.25) is 4.79 Å². The first-order chi connectivity index (χ1) is 5.84. The number of piperidine rings is 1. The molecule has 1 unspecified atom stereocenters. The van der Waals surface area contributed by atoms with Crippen LogP contribution in [-0.2, 0) is 4.79 Å². The highest BCUT2D eigenvalue weighted by Crippen LogP contribution is 2.14. The molecule has 0 aromatic heterocycles. The molecule has 0 amide bonds. The number of carbonyl (C=O) groups excluding carboxylic acids is 1. The molecule has 1 rings (SSSR count). The van der Waals surface area contributed by atoms with E-state index in [1.54, 1.807) is 0 Å². The molecular weight excluding hydrogens is 277 g/mol. The summed E-state index contributed by atoms with van der Waals surface area (Å²) in [7, 11) is 0. The topological polar surface area (TPSA) is 29.1 Å². The number of unbranched alkanes of at least 4 members (excludes halogenated alkanes) is 2. The second kappa shape index (κ2) is 7.74. The van der Waals surface area contributed by atoms with Crippen LogP contribution in [0.4, 0.5) is 0 Å². The van der Waals surface area contributed by atoms with Crippen molar-refractivity contribution >= 4 is 29.8 Å². The molecule has 0 bridgehead atoms. The predicted molar refractivity (Wildman–Crippen MR) is 65.5 cm³/mol. The van der Waals surface area contributed by atoms with Crippen molar-refractivity contribution in [3.63, 3.8) is 0 Å². The molecule has 0 aliphatic carbocycles. The van der Waals surface area contributed by atoms with E-state index in [0.717, 1.165) is 25.9 Å². The molecule has 0 spiro atoms. The fourth-order valence-electron chi connectivity index (χ4n) is 1.71. The summed E-state index contributed by atoms with van der Waals surface area (Å²) in [6.45, 7) is 4.01. The zero-order valence-corrected chi connectivity index (χ0v) is 10.7. The fourth-order valence-corrected chi connectivity index (χ4v) is 1.71. The SMILES string of the molecule is CCCCCC1CNCCC1=O.I. The predicted octanol–water partition coefficient (Wildman–Crippen LogP) is 2.36. The molecule has 13 heavy (non-hydrogen) atoms. The van der Waals surface area contributed by atoms with Crippen molar-refractivity contribution in [3.8, 4) is 0 Å². The Kier molecular flexibility index (Phi) is 7.95. The lowest BCUT2D eigenvalue weighted by molar-refractivity contribution is -0.124. The van der Waals surface area contributed by atoms with E-state index in [1.807, 2.05) is 0 Å². The minimum Gasteiger partial charge on any atom is -0.316 e. The third-order valence-electron chi connectivity index (χ3n) is 2.55. The maximum atomic E-state index is 11.3. The van der Waals surface area contributed by atoms with Crippen molar-refractivity contribution in [1.29, 1.82) is 0 Å². The number of carbonyl (C=O) groups is 1. The Morgan fingerprint density at radius 2 is 2.23 bits per heavy atom. The molecule has 78 valence electrons. The third-order valence-corrected chi connectivity index (χ3v) is 2.55. The molecule has 1 fully saturated rings. The highest BCUT2D eigenvalue weighted by molar-refractivity contribution is 14.0.